The molecule has 0 aliphatic heterocycles. The first-order chi connectivity index (χ1) is 7.58. The lowest BCUT2D eigenvalue weighted by atomic mass is 10.1. The molecule has 0 radical (unpaired) electrons. The van der Waals surface area contributed by atoms with E-state index in [2.05, 4.69) is 12.2 Å². The van der Waals surface area contributed by atoms with Gasteiger partial charge in [-0.05, 0) is 43.9 Å². The minimum atomic E-state index is -0.929. The van der Waals surface area contributed by atoms with Crippen LogP contribution in [0.1, 0.15) is 30.1 Å². The van der Waals surface area contributed by atoms with E-state index in [9.17, 15) is 4.79 Å². The molecule has 0 heterocycles. The zero-order valence-electron chi connectivity index (χ0n) is 9.23. The molecule has 1 aliphatic carbocycles. The number of carboxylic acid groups (broad SMARTS) is 1. The van der Waals surface area contributed by atoms with E-state index in [-0.39, 0.29) is 5.56 Å². The Morgan fingerprint density at radius 3 is 2.81 bits per heavy atom. The summed E-state index contributed by atoms with van der Waals surface area (Å²) in [7, 11) is 0. The predicted molar refractivity (Wildman–Crippen MR) is 63.6 cm³/mol. The Morgan fingerprint density at radius 2 is 2.25 bits per heavy atom. The first-order valence-corrected chi connectivity index (χ1v) is 5.47. The quantitative estimate of drug-likeness (QED) is 0.680. The van der Waals surface area contributed by atoms with Crippen LogP contribution in [0.25, 0.3) is 0 Å². The maximum Gasteiger partial charge on any atom is 0.335 e. The van der Waals surface area contributed by atoms with Crippen LogP contribution in [0, 0.1) is 5.92 Å². The smallest absolute Gasteiger partial charge is 0.335 e. The Labute approximate surface area is 94.5 Å². The fourth-order valence-corrected chi connectivity index (χ4v) is 1.77. The van der Waals surface area contributed by atoms with E-state index in [4.69, 9.17) is 10.8 Å². The number of nitrogens with two attached hydrogens (primary N) is 1. The number of hydrogen-bond acceptors (Lipinski definition) is 3. The van der Waals surface area contributed by atoms with Crippen molar-refractivity contribution in [2.45, 2.75) is 25.8 Å². The van der Waals surface area contributed by atoms with Gasteiger partial charge in [-0.15, -0.1) is 0 Å². The molecule has 2 rings (SSSR count). The van der Waals surface area contributed by atoms with Crippen molar-refractivity contribution in [3.8, 4) is 0 Å². The third kappa shape index (κ3) is 2.27. The van der Waals surface area contributed by atoms with Crippen LogP contribution in [0.5, 0.6) is 0 Å². The van der Waals surface area contributed by atoms with Crippen LogP contribution in [0.15, 0.2) is 18.2 Å². The van der Waals surface area contributed by atoms with Crippen molar-refractivity contribution >= 4 is 17.3 Å². The summed E-state index contributed by atoms with van der Waals surface area (Å²) >= 11 is 0. The topological polar surface area (TPSA) is 75.3 Å². The molecule has 4 nitrogen and oxygen atoms in total. The molecule has 1 fully saturated rings. The summed E-state index contributed by atoms with van der Waals surface area (Å²) in [6.07, 6.45) is 2.49. The minimum absolute atomic E-state index is 0.264. The van der Waals surface area contributed by atoms with Crippen molar-refractivity contribution in [2.24, 2.45) is 5.92 Å². The molecule has 1 atom stereocenters. The first-order valence-electron chi connectivity index (χ1n) is 5.47. The van der Waals surface area contributed by atoms with E-state index >= 15 is 0 Å². The summed E-state index contributed by atoms with van der Waals surface area (Å²) in [4.78, 5) is 10.8. The third-order valence-electron chi connectivity index (χ3n) is 3.01. The van der Waals surface area contributed by atoms with Gasteiger partial charge in [-0.1, -0.05) is 0 Å². The SMILES string of the molecule is C[C@H](Nc1cc(C(=O)O)ccc1N)C1CC1. The zero-order chi connectivity index (χ0) is 11.7. The number of hydrogen-bond donors (Lipinski definition) is 3. The second kappa shape index (κ2) is 4.04. The molecule has 0 spiro atoms. The van der Waals surface area contributed by atoms with Crippen LogP contribution in [0.3, 0.4) is 0 Å². The summed E-state index contributed by atoms with van der Waals surface area (Å²) in [6.45, 7) is 2.10. The molecule has 4 heteroatoms. The van der Waals surface area contributed by atoms with Gasteiger partial charge in [0.05, 0.1) is 16.9 Å². The van der Waals surface area contributed by atoms with Crippen molar-refractivity contribution in [3.05, 3.63) is 23.8 Å². The number of nitrogens with one attached hydrogen (secondary N) is 1. The average molecular weight is 220 g/mol. The number of rotatable bonds is 4. The Bertz CT molecular complexity index is 413. The standard InChI is InChI=1S/C12H16N2O2/c1-7(8-2-3-8)14-11-6-9(12(15)16)4-5-10(11)13/h4-8,14H,2-3,13H2,1H3,(H,15,16)/t7-/m0/s1. The average Bonchev–Trinajstić information content (AvgIpc) is 3.04. The van der Waals surface area contributed by atoms with Gasteiger partial charge in [0.1, 0.15) is 0 Å². The first kappa shape index (κ1) is 10.8. The largest absolute Gasteiger partial charge is 0.478 e. The normalized spacial score (nSPS) is 16.8. The van der Waals surface area contributed by atoms with Gasteiger partial charge in [-0.2, -0.15) is 0 Å². The van der Waals surface area contributed by atoms with Crippen LogP contribution >= 0.6 is 0 Å². The predicted octanol–water partition coefficient (Wildman–Crippen LogP) is 2.18. The molecule has 0 unspecified atom stereocenters. The number of carbonyl (C=O) groups is 1. The van der Waals surface area contributed by atoms with Gasteiger partial charge in [-0.3, -0.25) is 0 Å². The van der Waals surface area contributed by atoms with E-state index in [0.29, 0.717) is 17.6 Å². The third-order valence-corrected chi connectivity index (χ3v) is 3.01. The van der Waals surface area contributed by atoms with Crippen molar-refractivity contribution < 1.29 is 9.90 Å². The molecular formula is C12H16N2O2. The monoisotopic (exact) mass is 220 g/mol. The number of carboxylic acids is 1. The highest BCUT2D eigenvalue weighted by molar-refractivity contribution is 5.90. The lowest BCUT2D eigenvalue weighted by Gasteiger charge is -2.16. The molecule has 0 bridgehead atoms. The van der Waals surface area contributed by atoms with Crippen LogP contribution in [-0.4, -0.2) is 17.1 Å². The van der Waals surface area contributed by atoms with Gasteiger partial charge in [0, 0.05) is 6.04 Å². The number of benzene rings is 1. The summed E-state index contributed by atoms with van der Waals surface area (Å²) in [5.41, 5.74) is 7.38. The van der Waals surface area contributed by atoms with Gasteiger partial charge in [-0.25, -0.2) is 4.79 Å². The van der Waals surface area contributed by atoms with E-state index < -0.39 is 5.97 Å². The van der Waals surface area contributed by atoms with Crippen molar-refractivity contribution in [2.75, 3.05) is 11.1 Å². The molecule has 0 aromatic heterocycles. The van der Waals surface area contributed by atoms with E-state index in [1.54, 1.807) is 12.1 Å². The second-order valence-corrected chi connectivity index (χ2v) is 4.38. The van der Waals surface area contributed by atoms with Crippen LogP contribution in [0.2, 0.25) is 0 Å². The highest BCUT2D eigenvalue weighted by Gasteiger charge is 2.28. The van der Waals surface area contributed by atoms with Crippen LogP contribution < -0.4 is 11.1 Å². The maximum absolute atomic E-state index is 10.8. The Morgan fingerprint density at radius 1 is 1.56 bits per heavy atom. The fourth-order valence-electron chi connectivity index (χ4n) is 1.77. The van der Waals surface area contributed by atoms with Crippen LogP contribution in [-0.2, 0) is 0 Å². The summed E-state index contributed by atoms with van der Waals surface area (Å²) < 4.78 is 0. The molecule has 1 aromatic rings. The van der Waals surface area contributed by atoms with Crippen molar-refractivity contribution in [3.63, 3.8) is 0 Å². The molecule has 86 valence electrons. The lowest BCUT2D eigenvalue weighted by molar-refractivity contribution is 0.0697. The summed E-state index contributed by atoms with van der Waals surface area (Å²) in [6, 6.07) is 5.10. The van der Waals surface area contributed by atoms with Gasteiger partial charge < -0.3 is 16.2 Å². The van der Waals surface area contributed by atoms with Gasteiger partial charge in [0.15, 0.2) is 0 Å². The summed E-state index contributed by atoms with van der Waals surface area (Å²) in [5, 5.41) is 12.2. The second-order valence-electron chi connectivity index (χ2n) is 4.38. The molecule has 1 saturated carbocycles. The molecule has 1 aliphatic rings. The zero-order valence-corrected chi connectivity index (χ0v) is 9.23. The van der Waals surface area contributed by atoms with Crippen molar-refractivity contribution in [1.82, 2.24) is 0 Å². The summed E-state index contributed by atoms with van der Waals surface area (Å²) in [5.74, 6) is -0.227. The highest BCUT2D eigenvalue weighted by Crippen LogP contribution is 2.34. The van der Waals surface area contributed by atoms with Gasteiger partial charge in [0.2, 0.25) is 0 Å². The minimum Gasteiger partial charge on any atom is -0.478 e. The molecule has 0 saturated heterocycles. The van der Waals surface area contributed by atoms with Crippen molar-refractivity contribution in [1.29, 1.82) is 0 Å². The molecule has 16 heavy (non-hydrogen) atoms. The maximum atomic E-state index is 10.8. The Balaban J connectivity index is 2.17. The molecule has 0 amide bonds. The number of nitrogen functional groups attached to an aromatic ring is 1. The van der Waals surface area contributed by atoms with E-state index in [1.165, 1.54) is 18.9 Å². The molecule has 4 N–H and O–H groups in total. The lowest BCUT2D eigenvalue weighted by Crippen LogP contribution is -2.18. The molecule has 1 aromatic carbocycles. The number of anilines is 2. The van der Waals surface area contributed by atoms with Gasteiger partial charge >= 0.3 is 5.97 Å². The molecular weight excluding hydrogens is 204 g/mol. The Kier molecular flexibility index (Phi) is 2.73. The van der Waals surface area contributed by atoms with Gasteiger partial charge in [0.25, 0.3) is 0 Å². The van der Waals surface area contributed by atoms with Crippen LogP contribution in [0.4, 0.5) is 11.4 Å². The Hall–Kier alpha value is -1.71. The highest BCUT2D eigenvalue weighted by atomic mass is 16.4. The number of aromatic carboxylic acids is 1. The fraction of sp³-hybridized carbons (Fsp3) is 0.417. The van der Waals surface area contributed by atoms with E-state index in [1.807, 2.05) is 0 Å². The van der Waals surface area contributed by atoms with E-state index in [0.717, 1.165) is 5.69 Å².